The number of ether oxygens (including phenoxy) is 3. The lowest BCUT2D eigenvalue weighted by Gasteiger charge is -2.18. The van der Waals surface area contributed by atoms with Gasteiger partial charge in [0.05, 0.1) is 0 Å². The zero-order chi connectivity index (χ0) is 53.6. The highest BCUT2D eigenvalue weighted by atomic mass is 16.6. The molecular formula is C68H128O6. The summed E-state index contributed by atoms with van der Waals surface area (Å²) < 4.78 is 17.0. The third-order valence-electron chi connectivity index (χ3n) is 15.2. The van der Waals surface area contributed by atoms with Crippen molar-refractivity contribution in [1.82, 2.24) is 0 Å². The van der Waals surface area contributed by atoms with Gasteiger partial charge in [0, 0.05) is 19.3 Å². The van der Waals surface area contributed by atoms with Gasteiger partial charge >= 0.3 is 17.9 Å². The predicted molar refractivity (Wildman–Crippen MR) is 321 cm³/mol. The van der Waals surface area contributed by atoms with Crippen molar-refractivity contribution in [3.05, 3.63) is 24.3 Å². The molecule has 0 saturated heterocycles. The predicted octanol–water partition coefficient (Wildman–Crippen LogP) is 22.6. The summed E-state index contributed by atoms with van der Waals surface area (Å²) >= 11 is 0. The van der Waals surface area contributed by atoms with E-state index in [4.69, 9.17) is 14.2 Å². The molecule has 0 aliphatic heterocycles. The molecule has 0 N–H and O–H groups in total. The standard InChI is InChI=1S/C68H128O6/c1-4-7-10-13-16-19-22-25-28-31-32-33-34-35-36-38-40-43-46-49-52-55-58-61-67(70)73-64-65(63-72-66(69)60-57-54-51-48-45-42-39-30-27-24-21-18-15-12-9-6-3)74-68(71)62-59-56-53-50-47-44-41-37-29-26-23-20-17-14-11-8-5-2/h30-32,39,65H,4-29,33-38,40-64H2,1-3H3/b32-31-,39-30-. The van der Waals surface area contributed by atoms with Crippen LogP contribution in [0.25, 0.3) is 0 Å². The molecular weight excluding hydrogens is 913 g/mol. The van der Waals surface area contributed by atoms with E-state index in [1.807, 2.05) is 0 Å². The van der Waals surface area contributed by atoms with Gasteiger partial charge in [0.15, 0.2) is 6.10 Å². The molecule has 0 aliphatic carbocycles. The van der Waals surface area contributed by atoms with Crippen molar-refractivity contribution in [1.29, 1.82) is 0 Å². The fraction of sp³-hybridized carbons (Fsp3) is 0.897. The minimum Gasteiger partial charge on any atom is -0.462 e. The molecule has 0 spiro atoms. The third kappa shape index (κ3) is 60.8. The average Bonchev–Trinajstić information content (AvgIpc) is 3.40. The second kappa shape index (κ2) is 63.4. The van der Waals surface area contributed by atoms with E-state index >= 15 is 0 Å². The number of unbranched alkanes of at least 4 members (excludes halogenated alkanes) is 47. The molecule has 436 valence electrons. The summed E-state index contributed by atoms with van der Waals surface area (Å²) in [4.78, 5) is 38.4. The van der Waals surface area contributed by atoms with Crippen LogP contribution in [0.2, 0.25) is 0 Å². The minimum atomic E-state index is -0.772. The summed E-state index contributed by atoms with van der Waals surface area (Å²) in [6.45, 7) is 6.70. The molecule has 0 amide bonds. The van der Waals surface area contributed by atoms with E-state index < -0.39 is 6.10 Å². The van der Waals surface area contributed by atoms with Crippen molar-refractivity contribution in [2.45, 2.75) is 380 Å². The van der Waals surface area contributed by atoms with Gasteiger partial charge in [-0.3, -0.25) is 14.4 Å². The lowest BCUT2D eigenvalue weighted by Crippen LogP contribution is -2.30. The summed E-state index contributed by atoms with van der Waals surface area (Å²) in [6, 6.07) is 0. The zero-order valence-corrected chi connectivity index (χ0v) is 50.1. The second-order valence-corrected chi connectivity index (χ2v) is 22.7. The Hall–Kier alpha value is -2.11. The summed E-state index contributed by atoms with van der Waals surface area (Å²) in [5, 5.41) is 0. The molecule has 1 atom stereocenters. The van der Waals surface area contributed by atoms with Gasteiger partial charge in [0.2, 0.25) is 0 Å². The molecule has 0 radical (unpaired) electrons. The highest BCUT2D eigenvalue weighted by molar-refractivity contribution is 5.71. The summed E-state index contributed by atoms with van der Waals surface area (Å²) in [6.07, 6.45) is 76.2. The Balaban J connectivity index is 4.29. The lowest BCUT2D eigenvalue weighted by atomic mass is 10.0. The van der Waals surface area contributed by atoms with E-state index in [1.54, 1.807) is 0 Å². The Bertz CT molecular complexity index is 1190. The lowest BCUT2D eigenvalue weighted by molar-refractivity contribution is -0.167. The molecule has 0 fully saturated rings. The van der Waals surface area contributed by atoms with Crippen LogP contribution in [0, 0.1) is 0 Å². The minimum absolute atomic E-state index is 0.0690. The van der Waals surface area contributed by atoms with Crippen LogP contribution < -0.4 is 0 Å². The molecule has 6 heteroatoms. The largest absolute Gasteiger partial charge is 0.462 e. The number of carbonyl (C=O) groups excluding carboxylic acids is 3. The zero-order valence-electron chi connectivity index (χ0n) is 50.1. The SMILES string of the molecule is CCCCCCCCC/C=C\CCCCCCCC(=O)OCC(COC(=O)CCCCCCCCCCCCC/C=C\CCCCCCCCCC)OC(=O)CCCCCCCCCCCCCCCCCCC. The van der Waals surface area contributed by atoms with Gasteiger partial charge < -0.3 is 14.2 Å². The van der Waals surface area contributed by atoms with Crippen LogP contribution in [-0.4, -0.2) is 37.2 Å². The van der Waals surface area contributed by atoms with Gasteiger partial charge in [-0.05, 0) is 70.6 Å². The molecule has 6 nitrogen and oxygen atoms in total. The molecule has 0 aromatic carbocycles. The van der Waals surface area contributed by atoms with Crippen molar-refractivity contribution >= 4 is 17.9 Å². The fourth-order valence-electron chi connectivity index (χ4n) is 10.1. The van der Waals surface area contributed by atoms with E-state index in [0.29, 0.717) is 19.3 Å². The topological polar surface area (TPSA) is 78.9 Å². The molecule has 0 rings (SSSR count). The van der Waals surface area contributed by atoms with Crippen LogP contribution in [0.4, 0.5) is 0 Å². The first-order chi connectivity index (χ1) is 36.5. The highest BCUT2D eigenvalue weighted by Gasteiger charge is 2.19. The van der Waals surface area contributed by atoms with Crippen LogP contribution in [0.3, 0.4) is 0 Å². The van der Waals surface area contributed by atoms with E-state index in [2.05, 4.69) is 45.1 Å². The van der Waals surface area contributed by atoms with E-state index in [9.17, 15) is 14.4 Å². The average molecular weight is 1040 g/mol. The number of rotatable bonds is 62. The Kier molecular flexibility index (Phi) is 61.6. The monoisotopic (exact) mass is 1040 g/mol. The normalized spacial score (nSPS) is 12.1. The second-order valence-electron chi connectivity index (χ2n) is 22.7. The van der Waals surface area contributed by atoms with E-state index in [-0.39, 0.29) is 31.1 Å². The number of allylic oxidation sites excluding steroid dienone is 4. The quantitative estimate of drug-likeness (QED) is 0.0261. The van der Waals surface area contributed by atoms with Gasteiger partial charge in [0.25, 0.3) is 0 Å². The van der Waals surface area contributed by atoms with Crippen LogP contribution in [-0.2, 0) is 28.6 Å². The van der Waals surface area contributed by atoms with Gasteiger partial charge in [-0.2, -0.15) is 0 Å². The van der Waals surface area contributed by atoms with Crippen LogP contribution in [0.5, 0.6) is 0 Å². The Morgan fingerprint density at radius 2 is 0.446 bits per heavy atom. The highest BCUT2D eigenvalue weighted by Crippen LogP contribution is 2.18. The number of hydrogen-bond acceptors (Lipinski definition) is 6. The van der Waals surface area contributed by atoms with Crippen LogP contribution in [0.1, 0.15) is 374 Å². The Morgan fingerprint density at radius 3 is 0.676 bits per heavy atom. The molecule has 0 aromatic heterocycles. The Morgan fingerprint density at radius 1 is 0.257 bits per heavy atom. The van der Waals surface area contributed by atoms with Crippen molar-refractivity contribution < 1.29 is 28.6 Å². The molecule has 0 bridgehead atoms. The van der Waals surface area contributed by atoms with E-state index in [0.717, 1.165) is 64.2 Å². The maximum absolute atomic E-state index is 12.9. The van der Waals surface area contributed by atoms with Gasteiger partial charge in [-0.1, -0.05) is 308 Å². The molecule has 74 heavy (non-hydrogen) atoms. The molecule has 0 aliphatic rings. The summed E-state index contributed by atoms with van der Waals surface area (Å²) in [5.74, 6) is -0.849. The van der Waals surface area contributed by atoms with Gasteiger partial charge in [-0.25, -0.2) is 0 Å². The smallest absolute Gasteiger partial charge is 0.306 e. The first-order valence-corrected chi connectivity index (χ1v) is 33.3. The first-order valence-electron chi connectivity index (χ1n) is 33.3. The third-order valence-corrected chi connectivity index (χ3v) is 15.2. The number of carbonyl (C=O) groups is 3. The number of hydrogen-bond donors (Lipinski definition) is 0. The van der Waals surface area contributed by atoms with Gasteiger partial charge in [-0.15, -0.1) is 0 Å². The fourth-order valence-corrected chi connectivity index (χ4v) is 10.1. The molecule has 0 saturated carbocycles. The molecule has 0 heterocycles. The molecule has 0 aromatic rings. The van der Waals surface area contributed by atoms with E-state index in [1.165, 1.54) is 270 Å². The first kappa shape index (κ1) is 71.9. The maximum Gasteiger partial charge on any atom is 0.306 e. The van der Waals surface area contributed by atoms with Crippen molar-refractivity contribution in [2.75, 3.05) is 13.2 Å². The van der Waals surface area contributed by atoms with Crippen LogP contribution in [0.15, 0.2) is 24.3 Å². The summed E-state index contributed by atoms with van der Waals surface area (Å²) in [5.41, 5.74) is 0. The summed E-state index contributed by atoms with van der Waals surface area (Å²) in [7, 11) is 0. The van der Waals surface area contributed by atoms with Crippen molar-refractivity contribution in [3.63, 3.8) is 0 Å². The van der Waals surface area contributed by atoms with Gasteiger partial charge in [0.1, 0.15) is 13.2 Å². The van der Waals surface area contributed by atoms with Crippen molar-refractivity contribution in [3.8, 4) is 0 Å². The maximum atomic E-state index is 12.9. The number of esters is 3. The Labute approximate surface area is 462 Å². The van der Waals surface area contributed by atoms with Crippen LogP contribution >= 0.6 is 0 Å². The van der Waals surface area contributed by atoms with Crippen molar-refractivity contribution in [2.24, 2.45) is 0 Å². The molecule has 1 unspecified atom stereocenters.